The van der Waals surface area contributed by atoms with E-state index in [0.717, 1.165) is 24.8 Å². The summed E-state index contributed by atoms with van der Waals surface area (Å²) in [4.78, 5) is 26.4. The summed E-state index contributed by atoms with van der Waals surface area (Å²) in [5.74, 6) is 0.0178. The summed E-state index contributed by atoms with van der Waals surface area (Å²) in [7, 11) is 0. The predicted molar refractivity (Wildman–Crippen MR) is 149 cm³/mol. The number of epoxide rings is 1. The lowest BCUT2D eigenvalue weighted by Gasteiger charge is -2.39. The first-order chi connectivity index (χ1) is 19.1. The van der Waals surface area contributed by atoms with E-state index in [9.17, 15) is 14.7 Å². The molecule has 4 fully saturated rings. The fraction of sp³-hybridized carbons (Fsp3) is 0.733. The van der Waals surface area contributed by atoms with Crippen molar-refractivity contribution in [2.45, 2.75) is 102 Å². The van der Waals surface area contributed by atoms with E-state index in [1.807, 2.05) is 32.9 Å². The normalized spacial score (nSPS) is 37.6. The number of hydrogen-bond acceptors (Lipinski definition) is 8. The van der Waals surface area contributed by atoms with Crippen molar-refractivity contribution in [3.8, 4) is 0 Å². The summed E-state index contributed by atoms with van der Waals surface area (Å²) in [5.41, 5.74) is 0.647. The quantitative estimate of drug-likeness (QED) is 0.263. The molecule has 10 nitrogen and oxygen atoms in total. The number of aliphatic hydroxyl groups excluding tert-OH is 1. The molecule has 4 rings (SSSR count). The van der Waals surface area contributed by atoms with Gasteiger partial charge in [0.1, 0.15) is 23.9 Å². The number of ether oxygens (including phenoxy) is 5. The molecule has 0 aromatic rings. The third kappa shape index (κ3) is 8.16. The number of nitrogens with zero attached hydrogens (tertiary/aromatic N) is 1. The molecule has 0 bridgehead atoms. The number of allylic oxidation sites excluding steroid dienone is 2. The second-order valence-electron chi connectivity index (χ2n) is 11.7. The lowest BCUT2D eigenvalue weighted by molar-refractivity contribution is -0.126. The van der Waals surface area contributed by atoms with Gasteiger partial charge in [0.15, 0.2) is 0 Å². The highest BCUT2D eigenvalue weighted by molar-refractivity contribution is 5.87. The molecule has 0 saturated carbocycles. The zero-order valence-corrected chi connectivity index (χ0v) is 24.4. The van der Waals surface area contributed by atoms with E-state index in [4.69, 9.17) is 23.7 Å². The third-order valence-corrected chi connectivity index (χ3v) is 8.23. The average molecular weight is 563 g/mol. The SMILES string of the molecule is CC(/C=C/[C@H]1O[C@H](C)C[C@@]2(CO2)[C@@H]1O)=C\C[C@@H]1O[C@H](C)[C@H](NC(=O)/C=C\[C@H](C)OC(=O)N2CCOCC2)C[C@@H]1C. The van der Waals surface area contributed by atoms with Crippen LogP contribution in [0.3, 0.4) is 0 Å². The minimum Gasteiger partial charge on any atom is -0.442 e. The first-order valence-corrected chi connectivity index (χ1v) is 14.6. The third-order valence-electron chi connectivity index (χ3n) is 8.23. The highest BCUT2D eigenvalue weighted by Gasteiger charge is 2.57. The van der Waals surface area contributed by atoms with E-state index in [-0.39, 0.29) is 42.3 Å². The maximum Gasteiger partial charge on any atom is 0.410 e. The molecule has 0 aliphatic carbocycles. The van der Waals surface area contributed by atoms with Gasteiger partial charge in [0.05, 0.1) is 44.2 Å². The van der Waals surface area contributed by atoms with Crippen LogP contribution in [-0.4, -0.2) is 103 Å². The second-order valence-corrected chi connectivity index (χ2v) is 11.7. The van der Waals surface area contributed by atoms with Gasteiger partial charge < -0.3 is 39.0 Å². The van der Waals surface area contributed by atoms with Crippen molar-refractivity contribution in [2.24, 2.45) is 5.92 Å². The standard InChI is InChI=1S/C30H46N2O8/c1-19(7-10-26-28(34)30(18-37-30)17-22(4)38-26)6-9-25-20(2)16-24(23(5)40-25)31-27(33)11-8-21(3)39-29(35)32-12-14-36-15-13-32/h6-8,10-11,20-26,28,34H,9,12-18H2,1-5H3,(H,31,33)/b10-7+,11-8-,19-6+/t20-,21-,22+,23+,24+,25-,26+,28+,30+/m0/s1. The van der Waals surface area contributed by atoms with Crippen molar-refractivity contribution in [3.63, 3.8) is 0 Å². The highest BCUT2D eigenvalue weighted by atomic mass is 16.6. The molecule has 2 amide bonds. The van der Waals surface area contributed by atoms with E-state index >= 15 is 0 Å². The topological polar surface area (TPSA) is 119 Å². The zero-order valence-electron chi connectivity index (χ0n) is 24.4. The molecule has 4 heterocycles. The molecule has 40 heavy (non-hydrogen) atoms. The molecule has 9 atom stereocenters. The van der Waals surface area contributed by atoms with Crippen LogP contribution in [0.4, 0.5) is 4.79 Å². The Balaban J connectivity index is 1.20. The van der Waals surface area contributed by atoms with Gasteiger partial charge in [-0.1, -0.05) is 30.7 Å². The summed E-state index contributed by atoms with van der Waals surface area (Å²) in [6.07, 6.45) is 9.37. The molecule has 10 heteroatoms. The summed E-state index contributed by atoms with van der Waals surface area (Å²) >= 11 is 0. The summed E-state index contributed by atoms with van der Waals surface area (Å²) in [5, 5.41) is 13.7. The van der Waals surface area contributed by atoms with Crippen LogP contribution in [0.25, 0.3) is 0 Å². The Morgan fingerprint density at radius 2 is 1.90 bits per heavy atom. The lowest BCUT2D eigenvalue weighted by Crippen LogP contribution is -2.50. The molecular weight excluding hydrogens is 516 g/mol. The molecule has 4 aliphatic rings. The molecule has 0 unspecified atom stereocenters. The van der Waals surface area contributed by atoms with Crippen LogP contribution < -0.4 is 5.32 Å². The molecular formula is C30H46N2O8. The van der Waals surface area contributed by atoms with E-state index in [1.165, 1.54) is 6.08 Å². The van der Waals surface area contributed by atoms with Crippen LogP contribution in [0.15, 0.2) is 36.0 Å². The van der Waals surface area contributed by atoms with Crippen LogP contribution in [-0.2, 0) is 28.5 Å². The van der Waals surface area contributed by atoms with Crippen LogP contribution in [0.1, 0.15) is 53.9 Å². The summed E-state index contributed by atoms with van der Waals surface area (Å²) < 4.78 is 28.4. The van der Waals surface area contributed by atoms with Gasteiger partial charge in [-0.2, -0.15) is 0 Å². The number of morpholine rings is 1. The maximum atomic E-state index is 12.6. The number of rotatable bonds is 8. The van der Waals surface area contributed by atoms with Crippen molar-refractivity contribution < 1.29 is 38.4 Å². The van der Waals surface area contributed by atoms with Crippen molar-refractivity contribution >= 4 is 12.0 Å². The molecule has 224 valence electrons. The van der Waals surface area contributed by atoms with Crippen LogP contribution in [0.2, 0.25) is 0 Å². The number of hydrogen-bond donors (Lipinski definition) is 2. The van der Waals surface area contributed by atoms with E-state index in [0.29, 0.717) is 32.9 Å². The van der Waals surface area contributed by atoms with Crippen LogP contribution >= 0.6 is 0 Å². The monoisotopic (exact) mass is 562 g/mol. The first kappa shape index (κ1) is 30.7. The molecule has 1 spiro atoms. The fourth-order valence-corrected chi connectivity index (χ4v) is 5.63. The fourth-order valence-electron chi connectivity index (χ4n) is 5.63. The average Bonchev–Trinajstić information content (AvgIpc) is 3.70. The van der Waals surface area contributed by atoms with Crippen molar-refractivity contribution in [1.29, 1.82) is 0 Å². The van der Waals surface area contributed by atoms with Gasteiger partial charge in [-0.25, -0.2) is 4.79 Å². The van der Waals surface area contributed by atoms with Gasteiger partial charge >= 0.3 is 6.09 Å². The maximum absolute atomic E-state index is 12.6. The van der Waals surface area contributed by atoms with Crippen LogP contribution in [0, 0.1) is 5.92 Å². The second kappa shape index (κ2) is 13.6. The Morgan fingerprint density at radius 3 is 2.60 bits per heavy atom. The Bertz CT molecular complexity index is 971. The lowest BCUT2D eigenvalue weighted by atomic mass is 9.87. The van der Waals surface area contributed by atoms with E-state index in [2.05, 4.69) is 18.3 Å². The Kier molecular flexibility index (Phi) is 10.5. The largest absolute Gasteiger partial charge is 0.442 e. The summed E-state index contributed by atoms with van der Waals surface area (Å²) in [6.45, 7) is 12.5. The van der Waals surface area contributed by atoms with Gasteiger partial charge in [0.2, 0.25) is 5.91 Å². The summed E-state index contributed by atoms with van der Waals surface area (Å²) in [6, 6.07) is -0.108. The van der Waals surface area contributed by atoms with Crippen LogP contribution in [0.5, 0.6) is 0 Å². The van der Waals surface area contributed by atoms with Gasteiger partial charge in [-0.05, 0) is 52.5 Å². The molecule has 4 saturated heterocycles. The molecule has 0 radical (unpaired) electrons. The Labute approximate surface area is 237 Å². The molecule has 4 aliphatic heterocycles. The number of carbonyl (C=O) groups excluding carboxylic acids is 2. The Hall–Kier alpha value is -2.24. The number of amides is 2. The van der Waals surface area contributed by atoms with Gasteiger partial charge in [-0.15, -0.1) is 0 Å². The van der Waals surface area contributed by atoms with Gasteiger partial charge in [0.25, 0.3) is 0 Å². The van der Waals surface area contributed by atoms with Crippen molar-refractivity contribution in [1.82, 2.24) is 10.2 Å². The van der Waals surface area contributed by atoms with Crippen molar-refractivity contribution in [3.05, 3.63) is 36.0 Å². The smallest absolute Gasteiger partial charge is 0.410 e. The van der Waals surface area contributed by atoms with Crippen molar-refractivity contribution in [2.75, 3.05) is 32.9 Å². The first-order valence-electron chi connectivity index (χ1n) is 14.6. The number of carbonyl (C=O) groups is 2. The minimum absolute atomic E-state index is 0.0429. The minimum atomic E-state index is -0.648. The molecule has 0 aromatic carbocycles. The van der Waals surface area contributed by atoms with Gasteiger partial charge in [0, 0.05) is 25.6 Å². The zero-order chi connectivity index (χ0) is 28.9. The predicted octanol–water partition coefficient (Wildman–Crippen LogP) is 2.90. The molecule has 2 N–H and O–H groups in total. The Morgan fingerprint density at radius 1 is 1.18 bits per heavy atom. The number of aliphatic hydroxyl groups is 1. The number of nitrogens with one attached hydrogen (secondary N) is 1. The van der Waals surface area contributed by atoms with E-state index < -0.39 is 23.9 Å². The highest BCUT2D eigenvalue weighted by Crippen LogP contribution is 2.42. The van der Waals surface area contributed by atoms with E-state index in [1.54, 1.807) is 17.9 Å². The van der Waals surface area contributed by atoms with Gasteiger partial charge in [-0.3, -0.25) is 4.79 Å². The molecule has 0 aromatic heterocycles.